The maximum Gasteiger partial charge on any atom is 0.243 e. The molecule has 0 aliphatic heterocycles. The van der Waals surface area contributed by atoms with Crippen LogP contribution in [0, 0.1) is 11.6 Å². The molecule has 2 aromatic carbocycles. The van der Waals surface area contributed by atoms with Crippen molar-refractivity contribution in [3.05, 3.63) is 69.0 Å². The molecule has 32 heavy (non-hydrogen) atoms. The number of aromatic nitrogens is 1. The molecule has 0 saturated heterocycles. The van der Waals surface area contributed by atoms with Crippen molar-refractivity contribution in [3.63, 3.8) is 0 Å². The Morgan fingerprint density at radius 3 is 2.59 bits per heavy atom. The van der Waals surface area contributed by atoms with Gasteiger partial charge in [0.2, 0.25) is 5.56 Å². The van der Waals surface area contributed by atoms with E-state index in [2.05, 4.69) is 4.99 Å². The Morgan fingerprint density at radius 1 is 1.22 bits per heavy atom. The van der Waals surface area contributed by atoms with Crippen molar-refractivity contribution in [1.29, 1.82) is 0 Å². The molecule has 1 unspecified atom stereocenters. The molecule has 0 spiro atoms. The van der Waals surface area contributed by atoms with Crippen LogP contribution < -0.4 is 10.3 Å². The number of nitrogens with zero attached hydrogens (tertiary/aromatic N) is 2. The highest BCUT2D eigenvalue weighted by molar-refractivity contribution is 6.77. The van der Waals surface area contributed by atoms with Gasteiger partial charge in [0.1, 0.15) is 11.6 Å². The number of hydrogen-bond donors (Lipinski definition) is 0. The fourth-order valence-electron chi connectivity index (χ4n) is 3.77. The van der Waals surface area contributed by atoms with Crippen LogP contribution in [0.2, 0.25) is 18.1 Å². The summed E-state index contributed by atoms with van der Waals surface area (Å²) in [6, 6.07) is 7.89. The molecule has 0 aliphatic rings. The Labute approximate surface area is 190 Å². The second-order valence-corrected chi connectivity index (χ2v) is 12.9. The third kappa shape index (κ3) is 4.61. The van der Waals surface area contributed by atoms with Gasteiger partial charge in [0, 0.05) is 39.8 Å². The lowest BCUT2D eigenvalue weighted by molar-refractivity contribution is 0.386. The zero-order chi connectivity index (χ0) is 23.6. The highest BCUT2D eigenvalue weighted by Crippen LogP contribution is 2.31. The molecular formula is C23H24ClF3N2O2Si. The van der Waals surface area contributed by atoms with Crippen molar-refractivity contribution >= 4 is 42.6 Å². The lowest BCUT2D eigenvalue weighted by Crippen LogP contribution is -2.52. The van der Waals surface area contributed by atoms with Crippen LogP contribution >= 0.6 is 11.6 Å². The third-order valence-corrected chi connectivity index (χ3v) is 9.08. The Kier molecular flexibility index (Phi) is 7.15. The number of methoxy groups -OCH3 is 1. The zero-order valence-corrected chi connectivity index (χ0v) is 20.0. The van der Waals surface area contributed by atoms with E-state index in [0.717, 1.165) is 6.07 Å². The molecule has 0 aliphatic carbocycles. The normalized spacial score (nSPS) is 13.1. The van der Waals surface area contributed by atoms with Crippen molar-refractivity contribution in [2.45, 2.75) is 38.7 Å². The van der Waals surface area contributed by atoms with Gasteiger partial charge in [-0.1, -0.05) is 24.9 Å². The van der Waals surface area contributed by atoms with E-state index in [1.165, 1.54) is 47.9 Å². The molecule has 4 nitrogen and oxygen atoms in total. The number of fused-ring (bicyclic) bond motifs is 1. The van der Waals surface area contributed by atoms with E-state index in [9.17, 15) is 13.6 Å². The molecular weight excluding hydrogens is 457 g/mol. The summed E-state index contributed by atoms with van der Waals surface area (Å²) in [7, 11) is -1.63. The van der Waals surface area contributed by atoms with Crippen LogP contribution in [0.15, 0.2) is 46.2 Å². The van der Waals surface area contributed by atoms with Crippen molar-refractivity contribution < 1.29 is 17.9 Å². The number of ether oxygens (including phenoxy) is 1. The number of pyridine rings is 1. The fraction of sp³-hybridized carbons (Fsp3) is 0.304. The molecule has 1 heterocycles. The first-order valence-corrected chi connectivity index (χ1v) is 13.6. The first-order chi connectivity index (χ1) is 15.1. The van der Waals surface area contributed by atoms with Crippen molar-refractivity contribution in [1.82, 2.24) is 4.23 Å². The highest BCUT2D eigenvalue weighted by atomic mass is 35.5. The summed E-state index contributed by atoms with van der Waals surface area (Å²) >= 11 is 5.94. The molecule has 0 amide bonds. The summed E-state index contributed by atoms with van der Waals surface area (Å²) < 4.78 is 50.2. The average Bonchev–Trinajstić information content (AvgIpc) is 2.71. The summed E-state index contributed by atoms with van der Waals surface area (Å²) in [4.78, 5) is 17.1. The fourth-order valence-corrected chi connectivity index (χ4v) is 6.71. The second kappa shape index (κ2) is 9.50. The van der Waals surface area contributed by atoms with Gasteiger partial charge in [-0.05, 0) is 43.8 Å². The van der Waals surface area contributed by atoms with Crippen LogP contribution in [-0.2, 0) is 0 Å². The maximum atomic E-state index is 15.0. The van der Waals surface area contributed by atoms with E-state index >= 15 is 4.39 Å². The minimum Gasteiger partial charge on any atom is -0.493 e. The summed E-state index contributed by atoms with van der Waals surface area (Å²) in [5, 5.41) is 0.633. The number of hydrogen-bond acceptors (Lipinski definition) is 3. The monoisotopic (exact) mass is 480 g/mol. The summed E-state index contributed by atoms with van der Waals surface area (Å²) in [6.07, 6.45) is 2.27. The molecule has 0 fully saturated rings. The lowest BCUT2D eigenvalue weighted by atomic mass is 10.1. The van der Waals surface area contributed by atoms with Gasteiger partial charge in [-0.3, -0.25) is 9.79 Å². The lowest BCUT2D eigenvalue weighted by Gasteiger charge is -2.30. The molecule has 3 aromatic rings. The second-order valence-electron chi connectivity index (χ2n) is 8.04. The molecule has 0 N–H and O–H groups in total. The van der Waals surface area contributed by atoms with Crippen LogP contribution in [0.3, 0.4) is 0 Å². The number of alkyl halides is 1. The zero-order valence-electron chi connectivity index (χ0n) is 18.3. The number of halogens is 4. The number of aliphatic imine (C=N–C) groups is 1. The predicted molar refractivity (Wildman–Crippen MR) is 126 cm³/mol. The largest absolute Gasteiger partial charge is 0.493 e. The summed E-state index contributed by atoms with van der Waals surface area (Å²) in [5.74, 6) is -2.50. The topological polar surface area (TPSA) is 43.6 Å². The van der Waals surface area contributed by atoms with Crippen molar-refractivity contribution in [2.24, 2.45) is 4.99 Å². The van der Waals surface area contributed by atoms with E-state index in [1.54, 1.807) is 13.1 Å². The Morgan fingerprint density at radius 2 is 1.94 bits per heavy atom. The molecule has 170 valence electrons. The summed E-state index contributed by atoms with van der Waals surface area (Å²) in [5.41, 5.74) is 0.382. The van der Waals surface area contributed by atoms with Crippen LogP contribution in [0.25, 0.3) is 10.9 Å². The SMILES string of the molecule is CCCC(F)[Si](C)(C)n1c(=O)ccc2c(N=Cc3cc(Cl)cc(F)c3OC)cc(F)cc21. The number of benzene rings is 2. The van der Waals surface area contributed by atoms with E-state index in [1.807, 2.05) is 6.92 Å². The Balaban J connectivity index is 2.22. The Bertz CT molecular complexity index is 1240. The average molecular weight is 481 g/mol. The van der Waals surface area contributed by atoms with Crippen LogP contribution in [0.5, 0.6) is 5.75 Å². The standard InChI is InChI=1S/C23H24ClF3N2O2Si/c1-5-6-21(27)32(3,4)29-20-12-16(25)11-19(17(20)7-8-22(29)30)28-13-14-9-15(24)10-18(26)23(14)31-2/h7-13,21H,5-6H2,1-4H3. The Hall–Kier alpha value is -2.58. The highest BCUT2D eigenvalue weighted by Gasteiger charge is 2.36. The van der Waals surface area contributed by atoms with Crippen LogP contribution in [0.4, 0.5) is 18.9 Å². The summed E-state index contributed by atoms with van der Waals surface area (Å²) in [6.45, 7) is 5.38. The molecule has 3 rings (SSSR count). The van der Waals surface area contributed by atoms with E-state index in [-0.39, 0.29) is 33.1 Å². The van der Waals surface area contributed by atoms with E-state index < -0.39 is 25.7 Å². The molecule has 1 aromatic heterocycles. The van der Waals surface area contributed by atoms with Crippen molar-refractivity contribution in [3.8, 4) is 5.75 Å². The number of rotatable bonds is 7. The van der Waals surface area contributed by atoms with E-state index in [0.29, 0.717) is 18.2 Å². The van der Waals surface area contributed by atoms with Gasteiger partial charge in [0.05, 0.1) is 12.8 Å². The van der Waals surface area contributed by atoms with Gasteiger partial charge in [-0.15, -0.1) is 0 Å². The van der Waals surface area contributed by atoms with Crippen molar-refractivity contribution in [2.75, 3.05) is 7.11 Å². The predicted octanol–water partition coefficient (Wildman–Crippen LogP) is 6.42. The first kappa shape index (κ1) is 24.1. The smallest absolute Gasteiger partial charge is 0.243 e. The van der Waals surface area contributed by atoms with Gasteiger partial charge in [0.25, 0.3) is 0 Å². The minimum atomic E-state index is -2.94. The molecule has 9 heteroatoms. The molecule has 0 saturated carbocycles. The minimum absolute atomic E-state index is 0.0517. The maximum absolute atomic E-state index is 15.0. The van der Waals surface area contributed by atoms with Gasteiger partial charge in [-0.2, -0.15) is 0 Å². The van der Waals surface area contributed by atoms with Crippen LogP contribution in [-0.4, -0.2) is 31.6 Å². The van der Waals surface area contributed by atoms with Crippen LogP contribution in [0.1, 0.15) is 25.3 Å². The van der Waals surface area contributed by atoms with Gasteiger partial charge in [-0.25, -0.2) is 13.2 Å². The molecule has 0 bridgehead atoms. The van der Waals surface area contributed by atoms with Gasteiger partial charge >= 0.3 is 0 Å². The molecule has 1 atom stereocenters. The third-order valence-electron chi connectivity index (χ3n) is 5.42. The van der Waals surface area contributed by atoms with E-state index in [4.69, 9.17) is 16.3 Å². The first-order valence-electron chi connectivity index (χ1n) is 10.2. The quantitative estimate of drug-likeness (QED) is 0.289. The molecule has 0 radical (unpaired) electrons. The van der Waals surface area contributed by atoms with Gasteiger partial charge in [0.15, 0.2) is 19.8 Å². The van der Waals surface area contributed by atoms with Gasteiger partial charge < -0.3 is 8.97 Å².